The Morgan fingerprint density at radius 2 is 1.61 bits per heavy atom. The molecule has 0 aliphatic heterocycles. The topological polar surface area (TPSA) is 128 Å². The lowest BCUT2D eigenvalue weighted by Crippen LogP contribution is -2.55. The molecular weight excluding hydrogens is 486 g/mol. The number of nitrogens with one attached hydrogen (secondary N) is 2. The molecule has 0 radical (unpaired) electrons. The molecular formula is C29H41N3O6. The van der Waals surface area contributed by atoms with E-state index >= 15 is 0 Å². The molecule has 0 fully saturated rings. The summed E-state index contributed by atoms with van der Waals surface area (Å²) in [6.07, 6.45) is -0.668. The lowest BCUT2D eigenvalue weighted by Gasteiger charge is -2.36. The van der Waals surface area contributed by atoms with Crippen LogP contribution in [0.5, 0.6) is 5.75 Å². The van der Waals surface area contributed by atoms with E-state index in [0.717, 1.165) is 5.56 Å². The third kappa shape index (κ3) is 9.06. The Hall–Kier alpha value is -3.59. The summed E-state index contributed by atoms with van der Waals surface area (Å²) in [7, 11) is 0. The van der Waals surface area contributed by atoms with Crippen LogP contribution in [0.4, 0.5) is 4.79 Å². The number of hydrogen-bond donors (Lipinski definition) is 4. The van der Waals surface area contributed by atoms with Crippen LogP contribution < -0.4 is 10.6 Å². The zero-order chi connectivity index (χ0) is 28.7. The van der Waals surface area contributed by atoms with Crippen LogP contribution in [0.15, 0.2) is 48.5 Å². The van der Waals surface area contributed by atoms with Gasteiger partial charge in [-0.2, -0.15) is 0 Å². The molecule has 0 saturated heterocycles. The summed E-state index contributed by atoms with van der Waals surface area (Å²) in [6.45, 7) is 11.6. The number of phenolic OH excluding ortho intramolecular Hbond substituents is 1. The molecule has 9 heteroatoms. The predicted octanol–water partition coefficient (Wildman–Crippen LogP) is 3.61. The molecule has 0 spiro atoms. The van der Waals surface area contributed by atoms with Gasteiger partial charge in [-0.05, 0) is 59.6 Å². The van der Waals surface area contributed by atoms with Gasteiger partial charge in [0.25, 0.3) is 0 Å². The van der Waals surface area contributed by atoms with Crippen LogP contribution in [-0.2, 0) is 20.7 Å². The largest absolute Gasteiger partial charge is 0.507 e. The van der Waals surface area contributed by atoms with Gasteiger partial charge >= 0.3 is 6.09 Å². The Labute approximate surface area is 225 Å². The van der Waals surface area contributed by atoms with Gasteiger partial charge in [0, 0.05) is 24.1 Å². The van der Waals surface area contributed by atoms with Crippen LogP contribution >= 0.6 is 0 Å². The first-order chi connectivity index (χ1) is 17.6. The van der Waals surface area contributed by atoms with Gasteiger partial charge in [0.1, 0.15) is 23.4 Å². The van der Waals surface area contributed by atoms with Gasteiger partial charge in [0.15, 0.2) is 0 Å². The van der Waals surface area contributed by atoms with E-state index in [4.69, 9.17) is 4.74 Å². The van der Waals surface area contributed by atoms with Crippen LogP contribution in [0.25, 0.3) is 0 Å². The average molecular weight is 528 g/mol. The highest BCUT2D eigenvalue weighted by atomic mass is 16.6. The van der Waals surface area contributed by atoms with Crippen molar-refractivity contribution in [3.63, 3.8) is 0 Å². The van der Waals surface area contributed by atoms with Crippen LogP contribution in [0.3, 0.4) is 0 Å². The summed E-state index contributed by atoms with van der Waals surface area (Å²) in [4.78, 5) is 41.7. The number of ether oxygens (including phenoxy) is 1. The number of amides is 3. The van der Waals surface area contributed by atoms with Gasteiger partial charge in [-0.25, -0.2) is 4.79 Å². The first-order valence-electron chi connectivity index (χ1n) is 12.7. The highest BCUT2D eigenvalue weighted by Gasteiger charge is 2.38. The maximum atomic E-state index is 14.1. The Morgan fingerprint density at radius 1 is 0.974 bits per heavy atom. The van der Waals surface area contributed by atoms with Crippen molar-refractivity contribution in [1.29, 1.82) is 0 Å². The quantitative estimate of drug-likeness (QED) is 0.394. The Kier molecular flexibility index (Phi) is 10.3. The van der Waals surface area contributed by atoms with Gasteiger partial charge in [-0.3, -0.25) is 9.59 Å². The number of carbonyl (C=O) groups is 3. The zero-order valence-corrected chi connectivity index (χ0v) is 23.4. The van der Waals surface area contributed by atoms with Crippen molar-refractivity contribution in [3.05, 3.63) is 65.2 Å². The monoisotopic (exact) mass is 527 g/mol. The minimum absolute atomic E-state index is 0.119. The van der Waals surface area contributed by atoms with Gasteiger partial charge in [-0.1, -0.05) is 48.5 Å². The van der Waals surface area contributed by atoms with E-state index in [2.05, 4.69) is 10.6 Å². The maximum absolute atomic E-state index is 14.1. The molecule has 2 atom stereocenters. The van der Waals surface area contributed by atoms with Crippen LogP contribution in [0.1, 0.15) is 64.3 Å². The number of aliphatic hydroxyl groups is 1. The number of alkyl carbamates (subject to hydrolysis) is 1. The predicted molar refractivity (Wildman–Crippen MR) is 146 cm³/mol. The molecule has 0 bridgehead atoms. The summed E-state index contributed by atoms with van der Waals surface area (Å²) >= 11 is 0. The molecule has 0 heterocycles. The fourth-order valence-corrected chi connectivity index (χ4v) is 3.97. The smallest absolute Gasteiger partial charge is 0.408 e. The summed E-state index contributed by atoms with van der Waals surface area (Å²) in [5.74, 6) is -1.27. The lowest BCUT2D eigenvalue weighted by atomic mass is 9.97. The van der Waals surface area contributed by atoms with Crippen molar-refractivity contribution in [2.45, 2.75) is 78.1 Å². The third-order valence-corrected chi connectivity index (χ3v) is 5.52. The number of carbonyl (C=O) groups excluding carboxylic acids is 3. The maximum Gasteiger partial charge on any atom is 0.408 e. The Morgan fingerprint density at radius 3 is 2.16 bits per heavy atom. The van der Waals surface area contributed by atoms with Crippen molar-refractivity contribution in [1.82, 2.24) is 15.5 Å². The Balaban J connectivity index is 2.58. The van der Waals surface area contributed by atoms with E-state index in [-0.39, 0.29) is 24.3 Å². The molecule has 0 aromatic heterocycles. The molecule has 0 aliphatic carbocycles. The van der Waals surface area contributed by atoms with E-state index in [1.54, 1.807) is 66.7 Å². The standard InChI is InChI=1S/C29H41N3O6/c1-19-12-11-15-21(24(19)34)23(25(35)31-28(2,3)4)32(16-17-33)26(36)22(18-20-13-9-8-10-14-20)30-27(37)38-29(5,6)7/h8-15,22-23,33-34H,16-18H2,1-7H3,(H,30,37)(H,31,35). The second-order valence-electron chi connectivity index (χ2n) is 11.3. The third-order valence-electron chi connectivity index (χ3n) is 5.52. The van der Waals surface area contributed by atoms with Crippen molar-refractivity contribution in [3.8, 4) is 5.75 Å². The number of phenols is 1. The molecule has 4 N–H and O–H groups in total. The highest BCUT2D eigenvalue weighted by Crippen LogP contribution is 2.32. The van der Waals surface area contributed by atoms with Crippen LogP contribution in [0.2, 0.25) is 0 Å². The second-order valence-corrected chi connectivity index (χ2v) is 11.3. The van der Waals surface area contributed by atoms with Crippen molar-refractivity contribution < 1.29 is 29.3 Å². The molecule has 2 rings (SSSR count). The minimum atomic E-state index is -1.27. The molecule has 2 aromatic rings. The molecule has 38 heavy (non-hydrogen) atoms. The molecule has 2 unspecified atom stereocenters. The number of hydrogen-bond acceptors (Lipinski definition) is 6. The molecule has 208 valence electrons. The number of rotatable bonds is 9. The Bertz CT molecular complexity index is 1110. The van der Waals surface area contributed by atoms with E-state index in [0.29, 0.717) is 5.56 Å². The van der Waals surface area contributed by atoms with Gasteiger partial charge < -0.3 is 30.5 Å². The van der Waals surface area contributed by atoms with E-state index in [1.807, 2.05) is 30.3 Å². The number of benzene rings is 2. The van der Waals surface area contributed by atoms with E-state index < -0.39 is 47.7 Å². The van der Waals surface area contributed by atoms with Gasteiger partial charge in [0.2, 0.25) is 11.8 Å². The summed E-state index contributed by atoms with van der Waals surface area (Å²) in [6, 6.07) is 11.7. The average Bonchev–Trinajstić information content (AvgIpc) is 2.79. The summed E-state index contributed by atoms with van der Waals surface area (Å²) in [5, 5.41) is 26.3. The van der Waals surface area contributed by atoms with E-state index in [1.165, 1.54) is 4.90 Å². The number of aromatic hydroxyl groups is 1. The summed E-state index contributed by atoms with van der Waals surface area (Å²) in [5.41, 5.74) is 0.0860. The SMILES string of the molecule is Cc1cccc(C(C(=O)NC(C)(C)C)N(CCO)C(=O)C(Cc2ccccc2)NC(=O)OC(C)(C)C)c1O. The number of aryl methyl sites for hydroxylation is 1. The van der Waals surface area contributed by atoms with Crippen molar-refractivity contribution >= 4 is 17.9 Å². The zero-order valence-electron chi connectivity index (χ0n) is 23.4. The molecule has 2 aromatic carbocycles. The number of para-hydroxylation sites is 1. The van der Waals surface area contributed by atoms with Crippen molar-refractivity contribution in [2.24, 2.45) is 0 Å². The lowest BCUT2D eigenvalue weighted by molar-refractivity contribution is -0.143. The first kappa shape index (κ1) is 30.6. The van der Waals surface area contributed by atoms with E-state index in [9.17, 15) is 24.6 Å². The van der Waals surface area contributed by atoms with Crippen LogP contribution in [0, 0.1) is 6.92 Å². The molecule has 9 nitrogen and oxygen atoms in total. The minimum Gasteiger partial charge on any atom is -0.507 e. The highest BCUT2D eigenvalue weighted by molar-refractivity contribution is 5.93. The van der Waals surface area contributed by atoms with Gasteiger partial charge in [0.05, 0.1) is 6.61 Å². The van der Waals surface area contributed by atoms with Crippen molar-refractivity contribution in [2.75, 3.05) is 13.2 Å². The number of aliphatic hydroxyl groups excluding tert-OH is 1. The van der Waals surface area contributed by atoms with Gasteiger partial charge in [-0.15, -0.1) is 0 Å². The molecule has 3 amide bonds. The molecule has 0 aliphatic rings. The normalized spacial score (nSPS) is 13.3. The fourth-order valence-electron chi connectivity index (χ4n) is 3.97. The fraction of sp³-hybridized carbons (Fsp3) is 0.483. The van der Waals surface area contributed by atoms with Crippen LogP contribution in [-0.4, -0.2) is 63.4 Å². The first-order valence-corrected chi connectivity index (χ1v) is 12.7. The number of nitrogens with zero attached hydrogens (tertiary/aromatic N) is 1. The summed E-state index contributed by atoms with van der Waals surface area (Å²) < 4.78 is 5.40. The molecule has 0 saturated carbocycles. The second kappa shape index (κ2) is 12.8.